The Hall–Kier alpha value is -3.88. The fourth-order valence-electron chi connectivity index (χ4n) is 4.34. The summed E-state index contributed by atoms with van der Waals surface area (Å²) < 4.78 is 11.2. The molecule has 1 aromatic heterocycles. The average molecular weight is 448 g/mol. The van der Waals surface area contributed by atoms with Crippen molar-refractivity contribution in [3.63, 3.8) is 0 Å². The molecule has 33 heavy (non-hydrogen) atoms. The van der Waals surface area contributed by atoms with Crippen LogP contribution in [0.15, 0.2) is 59.4 Å². The first-order valence-corrected chi connectivity index (χ1v) is 11.0. The molecular formula is C24H24N4O5. The van der Waals surface area contributed by atoms with Crippen LogP contribution in [0, 0.1) is 0 Å². The van der Waals surface area contributed by atoms with Crippen LogP contribution in [0.25, 0.3) is 11.0 Å². The minimum absolute atomic E-state index is 0.0221. The Bertz CT molecular complexity index is 1220. The summed E-state index contributed by atoms with van der Waals surface area (Å²) >= 11 is 0. The molecule has 2 aromatic carbocycles. The van der Waals surface area contributed by atoms with Gasteiger partial charge in [-0.25, -0.2) is 9.78 Å². The molecule has 9 nitrogen and oxygen atoms in total. The first-order chi connectivity index (χ1) is 16.1. The lowest BCUT2D eigenvalue weighted by Crippen LogP contribution is -2.48. The van der Waals surface area contributed by atoms with Crippen molar-refractivity contribution in [3.05, 3.63) is 70.6 Å². The third-order valence-corrected chi connectivity index (χ3v) is 6.08. The van der Waals surface area contributed by atoms with Crippen molar-refractivity contribution in [1.82, 2.24) is 19.8 Å². The molecule has 1 unspecified atom stereocenters. The summed E-state index contributed by atoms with van der Waals surface area (Å²) in [7, 11) is 0. The first-order valence-electron chi connectivity index (χ1n) is 11.0. The predicted octanol–water partition coefficient (Wildman–Crippen LogP) is 2.43. The number of carbonyl (C=O) groups excluding carboxylic acids is 2. The molecule has 9 heteroatoms. The van der Waals surface area contributed by atoms with Gasteiger partial charge >= 0.3 is 6.09 Å². The van der Waals surface area contributed by atoms with Crippen molar-refractivity contribution >= 4 is 23.0 Å². The number of aromatic nitrogens is 2. The van der Waals surface area contributed by atoms with Crippen LogP contribution in [0.2, 0.25) is 0 Å². The number of nitrogens with zero attached hydrogens (tertiary/aromatic N) is 3. The number of benzene rings is 2. The van der Waals surface area contributed by atoms with Crippen LogP contribution in [0.5, 0.6) is 5.75 Å². The zero-order valence-electron chi connectivity index (χ0n) is 18.0. The van der Waals surface area contributed by atoms with E-state index in [-0.39, 0.29) is 23.9 Å². The monoisotopic (exact) mass is 448 g/mol. The van der Waals surface area contributed by atoms with Gasteiger partial charge in [-0.2, -0.15) is 0 Å². The number of amides is 2. The molecule has 0 saturated carbocycles. The zero-order valence-corrected chi connectivity index (χ0v) is 18.0. The van der Waals surface area contributed by atoms with Gasteiger partial charge in [-0.15, -0.1) is 0 Å². The van der Waals surface area contributed by atoms with Crippen LogP contribution in [-0.2, 0) is 4.74 Å². The lowest BCUT2D eigenvalue weighted by molar-refractivity contribution is 0.0651. The lowest BCUT2D eigenvalue weighted by Gasteiger charge is -2.35. The first kappa shape index (κ1) is 21.0. The van der Waals surface area contributed by atoms with E-state index >= 15 is 0 Å². The largest absolute Gasteiger partial charge is 0.490 e. The molecule has 2 aliphatic heterocycles. The molecule has 170 valence electrons. The molecule has 0 bridgehead atoms. The highest BCUT2D eigenvalue weighted by Crippen LogP contribution is 2.24. The predicted molar refractivity (Wildman–Crippen MR) is 120 cm³/mol. The number of piperidine rings is 1. The van der Waals surface area contributed by atoms with Gasteiger partial charge in [-0.1, -0.05) is 30.3 Å². The van der Waals surface area contributed by atoms with Crippen molar-refractivity contribution < 1.29 is 19.1 Å². The highest BCUT2D eigenvalue weighted by atomic mass is 16.6. The second-order valence-corrected chi connectivity index (χ2v) is 8.24. The maximum Gasteiger partial charge on any atom is 0.410 e. The highest BCUT2D eigenvalue weighted by Gasteiger charge is 2.38. The van der Waals surface area contributed by atoms with Crippen molar-refractivity contribution in [3.8, 4) is 5.75 Å². The number of likely N-dealkylation sites (tertiary alicyclic amines) is 1. The van der Waals surface area contributed by atoms with Gasteiger partial charge in [0, 0.05) is 19.1 Å². The highest BCUT2D eigenvalue weighted by molar-refractivity contribution is 5.93. The van der Waals surface area contributed by atoms with Crippen molar-refractivity contribution in [2.24, 2.45) is 0 Å². The Morgan fingerprint density at radius 3 is 2.58 bits per heavy atom. The Kier molecular flexibility index (Phi) is 5.68. The van der Waals surface area contributed by atoms with Crippen molar-refractivity contribution in [1.29, 1.82) is 0 Å². The number of H-pyrrole nitrogens is 1. The standard InChI is InChI=1S/C24H24N4O5/c29-22-21(25-19-8-4-5-9-20(19)26-22)23(30)27-12-10-16(11-13-27)28-14-18(33-24(28)31)15-32-17-6-2-1-3-7-17/h1-9,16,18H,10-15H2,(H,26,29). The lowest BCUT2D eigenvalue weighted by atomic mass is 10.0. The molecule has 0 aliphatic carbocycles. The van der Waals surface area contributed by atoms with E-state index in [4.69, 9.17) is 9.47 Å². The molecule has 0 spiro atoms. The van der Waals surface area contributed by atoms with E-state index < -0.39 is 11.5 Å². The van der Waals surface area contributed by atoms with Crippen LogP contribution < -0.4 is 10.3 Å². The minimum Gasteiger partial charge on any atom is -0.490 e. The van der Waals surface area contributed by atoms with Gasteiger partial charge in [0.25, 0.3) is 11.5 Å². The SMILES string of the molecule is O=C(c1nc2ccccc2[nH]c1=O)N1CCC(N2CC(COc3ccccc3)OC2=O)CC1. The van der Waals surface area contributed by atoms with Gasteiger partial charge in [0.1, 0.15) is 12.4 Å². The summed E-state index contributed by atoms with van der Waals surface area (Å²) in [5.74, 6) is 0.342. The number of aromatic amines is 1. The number of nitrogens with one attached hydrogen (secondary N) is 1. The third kappa shape index (κ3) is 4.39. The van der Waals surface area contributed by atoms with E-state index in [0.29, 0.717) is 50.1 Å². The molecular weight excluding hydrogens is 424 g/mol. The van der Waals surface area contributed by atoms with E-state index in [0.717, 1.165) is 5.75 Å². The summed E-state index contributed by atoms with van der Waals surface area (Å²) in [5, 5.41) is 0. The van der Waals surface area contributed by atoms with E-state index in [1.807, 2.05) is 30.3 Å². The maximum atomic E-state index is 13.0. The van der Waals surface area contributed by atoms with Crippen LogP contribution in [-0.4, -0.2) is 70.2 Å². The number of fused-ring (bicyclic) bond motifs is 1. The molecule has 5 rings (SSSR count). The molecule has 2 fully saturated rings. The van der Waals surface area contributed by atoms with Gasteiger partial charge in [-0.05, 0) is 37.1 Å². The average Bonchev–Trinajstić information content (AvgIpc) is 3.23. The van der Waals surface area contributed by atoms with Gasteiger partial charge in [0.15, 0.2) is 11.8 Å². The number of cyclic esters (lactones) is 1. The summed E-state index contributed by atoms with van der Waals surface area (Å²) in [5.41, 5.74) is 0.561. The van der Waals surface area contributed by atoms with Crippen molar-refractivity contribution in [2.75, 3.05) is 26.2 Å². The third-order valence-electron chi connectivity index (χ3n) is 6.08. The number of carbonyl (C=O) groups is 2. The second kappa shape index (κ2) is 8.93. The van der Waals surface area contributed by atoms with Crippen LogP contribution in [0.1, 0.15) is 23.3 Å². The van der Waals surface area contributed by atoms with Gasteiger partial charge in [-0.3, -0.25) is 9.59 Å². The Morgan fingerprint density at radius 1 is 1.06 bits per heavy atom. The van der Waals surface area contributed by atoms with Crippen LogP contribution in [0.4, 0.5) is 4.79 Å². The number of ether oxygens (including phenoxy) is 2. The molecule has 2 amide bonds. The summed E-state index contributed by atoms with van der Waals surface area (Å²) in [6.07, 6.45) is 0.531. The quantitative estimate of drug-likeness (QED) is 0.643. The fourth-order valence-corrected chi connectivity index (χ4v) is 4.34. The second-order valence-electron chi connectivity index (χ2n) is 8.24. The summed E-state index contributed by atoms with van der Waals surface area (Å²) in [6.45, 7) is 1.62. The topological polar surface area (TPSA) is 105 Å². The molecule has 3 aromatic rings. The van der Waals surface area contributed by atoms with E-state index in [2.05, 4.69) is 9.97 Å². The maximum absolute atomic E-state index is 13.0. The number of hydrogen-bond acceptors (Lipinski definition) is 6. The Balaban J connectivity index is 1.18. The molecule has 0 radical (unpaired) electrons. The zero-order chi connectivity index (χ0) is 22.8. The van der Waals surface area contributed by atoms with Gasteiger partial charge < -0.3 is 24.3 Å². The smallest absolute Gasteiger partial charge is 0.410 e. The molecule has 2 saturated heterocycles. The van der Waals surface area contributed by atoms with Gasteiger partial charge in [0.05, 0.1) is 17.6 Å². The molecule has 2 aliphatic rings. The molecule has 3 heterocycles. The Morgan fingerprint density at radius 2 is 1.79 bits per heavy atom. The van der Waals surface area contributed by atoms with E-state index in [1.165, 1.54) is 0 Å². The number of para-hydroxylation sites is 3. The summed E-state index contributed by atoms with van der Waals surface area (Å²) in [4.78, 5) is 48.1. The number of hydrogen-bond donors (Lipinski definition) is 1. The van der Waals surface area contributed by atoms with E-state index in [1.54, 1.807) is 34.1 Å². The van der Waals surface area contributed by atoms with Crippen LogP contribution in [0.3, 0.4) is 0 Å². The summed E-state index contributed by atoms with van der Waals surface area (Å²) in [6, 6.07) is 16.5. The minimum atomic E-state index is -0.495. The number of rotatable bonds is 5. The van der Waals surface area contributed by atoms with Crippen LogP contribution >= 0.6 is 0 Å². The van der Waals surface area contributed by atoms with Crippen molar-refractivity contribution in [2.45, 2.75) is 25.0 Å². The fraction of sp³-hybridized carbons (Fsp3) is 0.333. The van der Waals surface area contributed by atoms with E-state index in [9.17, 15) is 14.4 Å². The molecule has 1 N–H and O–H groups in total. The Labute approximate surface area is 189 Å². The molecule has 1 atom stereocenters. The van der Waals surface area contributed by atoms with Gasteiger partial charge in [0.2, 0.25) is 0 Å². The normalized spacial score (nSPS) is 19.0.